The van der Waals surface area contributed by atoms with Gasteiger partial charge in [-0.2, -0.15) is 0 Å². The molecule has 1 heterocycles. The van der Waals surface area contributed by atoms with E-state index in [-0.39, 0.29) is 16.6 Å². The fourth-order valence-electron chi connectivity index (χ4n) is 4.00. The molecule has 3 aromatic carbocycles. The van der Waals surface area contributed by atoms with E-state index in [0.29, 0.717) is 5.52 Å². The van der Waals surface area contributed by atoms with Crippen molar-refractivity contribution in [2.75, 3.05) is 12.4 Å². The third kappa shape index (κ3) is 6.22. The van der Waals surface area contributed by atoms with Crippen LogP contribution in [0.3, 0.4) is 0 Å². The van der Waals surface area contributed by atoms with Crippen LogP contribution in [-0.4, -0.2) is 38.1 Å². The van der Waals surface area contributed by atoms with Crippen LogP contribution < -0.4 is 14.8 Å². The van der Waals surface area contributed by atoms with Crippen molar-refractivity contribution < 1.29 is 50.8 Å². The molecular formula is C31H33N3O6S. The van der Waals surface area contributed by atoms with Crippen LogP contribution >= 0.6 is 0 Å². The van der Waals surface area contributed by atoms with Crippen LogP contribution in [-0.2, 0) is 28.2 Å². The maximum atomic E-state index is 13.3. The number of hydrogen-bond donors (Lipinski definition) is 2. The van der Waals surface area contributed by atoms with E-state index in [1.807, 2.05) is 0 Å². The molecule has 4 aromatic rings. The second-order valence-electron chi connectivity index (χ2n) is 8.60. The van der Waals surface area contributed by atoms with Gasteiger partial charge < -0.3 is 14.0 Å². The Bertz CT molecular complexity index is 2400. The lowest BCUT2D eigenvalue weighted by molar-refractivity contribution is 0.0980. The van der Waals surface area contributed by atoms with E-state index in [1.54, 1.807) is 4.72 Å². The number of carbonyl (C=O) groups is 2. The zero-order valence-corrected chi connectivity index (χ0v) is 22.0. The van der Waals surface area contributed by atoms with E-state index < -0.39 is 101 Å². The molecule has 1 aliphatic carbocycles. The van der Waals surface area contributed by atoms with Crippen molar-refractivity contribution >= 4 is 38.6 Å². The number of nitrogens with one attached hydrogen (secondary N) is 2. The monoisotopic (exact) mass is 592 g/mol. The minimum atomic E-state index is -4.83. The Balaban J connectivity index is 1.51. The van der Waals surface area contributed by atoms with Crippen LogP contribution in [0.4, 0.5) is 10.5 Å². The number of rotatable bonds is 8. The molecule has 0 spiro atoms. The minimum Gasteiger partial charge on any atom is -0.496 e. The quantitative estimate of drug-likeness (QED) is 0.271. The highest BCUT2D eigenvalue weighted by atomic mass is 32.2. The van der Waals surface area contributed by atoms with Gasteiger partial charge in [-0.15, -0.1) is 0 Å². The average Bonchev–Trinajstić information content (AvgIpc) is 3.43. The van der Waals surface area contributed by atoms with E-state index in [1.165, 1.54) is 48.1 Å². The summed E-state index contributed by atoms with van der Waals surface area (Å²) in [7, 11) is -6.55. The molecule has 0 aliphatic heterocycles. The van der Waals surface area contributed by atoms with Gasteiger partial charge in [0, 0.05) is 59.6 Å². The summed E-state index contributed by atoms with van der Waals surface area (Å²) in [6.45, 7) is -2.88. The van der Waals surface area contributed by atoms with E-state index in [9.17, 15) is 18.0 Å². The van der Waals surface area contributed by atoms with Crippen molar-refractivity contribution in [2.45, 2.75) is 49.7 Å². The largest absolute Gasteiger partial charge is 0.496 e. The van der Waals surface area contributed by atoms with Crippen molar-refractivity contribution in [3.8, 4) is 5.75 Å². The lowest BCUT2D eigenvalue weighted by Gasteiger charge is -2.13. The summed E-state index contributed by atoms with van der Waals surface area (Å²) in [5, 5.41) is 2.18. The minimum absolute atomic E-state index is 0.0470. The zero-order chi connectivity index (χ0) is 44.0. The van der Waals surface area contributed by atoms with Gasteiger partial charge in [-0.05, 0) is 85.4 Å². The number of fused-ring (bicyclic) bond motifs is 1. The molecular weight excluding hydrogens is 542 g/mol. The van der Waals surface area contributed by atoms with Gasteiger partial charge in [0.2, 0.25) is 0 Å². The number of aryl methyl sites for hydroxylation is 2. The molecule has 0 unspecified atom stereocenters. The van der Waals surface area contributed by atoms with Crippen molar-refractivity contribution in [3.05, 3.63) is 89.1 Å². The molecule has 0 radical (unpaired) electrons. The van der Waals surface area contributed by atoms with Gasteiger partial charge >= 0.3 is 6.09 Å². The van der Waals surface area contributed by atoms with Gasteiger partial charge in [-0.1, -0.05) is 24.3 Å². The first-order chi connectivity index (χ1) is 26.1. The molecule has 41 heavy (non-hydrogen) atoms. The molecule has 1 fully saturated rings. The van der Waals surface area contributed by atoms with Crippen LogP contribution in [0.5, 0.6) is 5.75 Å². The van der Waals surface area contributed by atoms with Crippen molar-refractivity contribution in [1.29, 1.82) is 0 Å². The number of anilines is 1. The normalized spacial score (nSPS) is 26.5. The molecule has 5 rings (SSSR count). The number of aromatic nitrogens is 1. The van der Waals surface area contributed by atoms with E-state index >= 15 is 0 Å². The highest BCUT2D eigenvalue weighted by molar-refractivity contribution is 7.90. The molecule has 1 aromatic heterocycles. The third-order valence-corrected chi connectivity index (χ3v) is 7.26. The van der Waals surface area contributed by atoms with Gasteiger partial charge in [0.1, 0.15) is 11.8 Å². The number of carbonyl (C=O) groups excluding carboxylic acids is 2. The SMILES string of the molecule is [2H]C([2H])([2H])Oc1cc(C(=O)NS(=O)(=O)c2ccccc2C([2H])([2H])[2H])ccc1C([2H])([2H])c1cn(C)c2ccc(NC(=O)OC3([2H])C([2H])([2H])C([2H])([2H])C([2H])([2H])C3([2H])[2H])cc12. The number of benzene rings is 3. The van der Waals surface area contributed by atoms with Crippen LogP contribution in [0.15, 0.2) is 71.8 Å². The molecule has 2 amide bonds. The summed E-state index contributed by atoms with van der Waals surface area (Å²) in [6.07, 6.45) is -21.5. The van der Waals surface area contributed by atoms with Crippen LogP contribution in [0, 0.1) is 6.85 Å². The Morgan fingerprint density at radius 2 is 1.93 bits per heavy atom. The Hall–Kier alpha value is -4.31. The molecule has 10 heteroatoms. The summed E-state index contributed by atoms with van der Waals surface area (Å²) >= 11 is 0. The Morgan fingerprint density at radius 3 is 2.71 bits per heavy atom. The first kappa shape index (κ1) is 14.0. The van der Waals surface area contributed by atoms with Crippen LogP contribution in [0.2, 0.25) is 0 Å². The van der Waals surface area contributed by atoms with Gasteiger partial charge in [-0.25, -0.2) is 17.9 Å². The summed E-state index contributed by atoms with van der Waals surface area (Å²) < 4.78 is 176. The number of methoxy groups -OCH3 is 1. The van der Waals surface area contributed by atoms with E-state index in [2.05, 4.69) is 5.32 Å². The van der Waals surface area contributed by atoms with E-state index in [4.69, 9.17) is 32.8 Å². The third-order valence-electron chi connectivity index (χ3n) is 5.87. The predicted octanol–water partition coefficient (Wildman–Crippen LogP) is 5.70. The average molecular weight is 593 g/mol. The molecule has 214 valence electrons. The van der Waals surface area contributed by atoms with Crippen molar-refractivity contribution in [1.82, 2.24) is 9.29 Å². The highest BCUT2D eigenvalue weighted by Crippen LogP contribution is 2.30. The number of amides is 2. The summed E-state index contributed by atoms with van der Waals surface area (Å²) in [6, 6.07) is 11.1. The first-order valence-electron chi connectivity index (χ1n) is 20.2. The van der Waals surface area contributed by atoms with E-state index in [0.717, 1.165) is 30.3 Å². The van der Waals surface area contributed by atoms with Gasteiger partial charge in [-0.3, -0.25) is 10.1 Å². The molecule has 0 saturated heterocycles. The first-order valence-corrected chi connectivity index (χ1v) is 13.2. The molecule has 9 nitrogen and oxygen atoms in total. The number of hydrogen-bond acceptors (Lipinski definition) is 6. The fourth-order valence-corrected chi connectivity index (χ4v) is 5.08. The molecule has 0 atom stereocenters. The fraction of sp³-hybridized carbons (Fsp3) is 0.290. The lowest BCUT2D eigenvalue weighted by atomic mass is 10.0. The number of ether oxygens (including phenoxy) is 2. The topological polar surface area (TPSA) is 116 Å². The van der Waals surface area contributed by atoms with Crippen molar-refractivity contribution in [3.63, 3.8) is 0 Å². The van der Waals surface area contributed by atoms with Gasteiger partial charge in [0.15, 0.2) is 0 Å². The predicted molar refractivity (Wildman–Crippen MR) is 157 cm³/mol. The zero-order valence-electron chi connectivity index (χ0n) is 38.2. The molecule has 0 bridgehead atoms. The Morgan fingerprint density at radius 1 is 1.12 bits per heavy atom. The standard InChI is InChI=1S/C31H33N3O6S/c1-20-8-4-7-11-29(20)41(37,38)33-30(35)22-13-12-21(28(17-22)39-3)16-23-19-34(2)27-15-14-24(18-26(23)27)32-31(36)40-25-9-5-6-10-25/h4,7-8,11-15,17-19,25H,5-6,9-10,16H2,1-3H3,(H,32,36)(H,33,35)/i1D3,3D3,5D2,6D2,9D2,10D2,16D2,25D. The van der Waals surface area contributed by atoms with Crippen LogP contribution in [0.25, 0.3) is 10.9 Å². The molecule has 2 N–H and O–H groups in total. The summed E-state index contributed by atoms with van der Waals surface area (Å²) in [5.41, 5.74) is -1.67. The highest BCUT2D eigenvalue weighted by Gasteiger charge is 2.22. The number of nitrogens with zero attached hydrogens (tertiary/aromatic N) is 1. The maximum Gasteiger partial charge on any atom is 0.411 e. The van der Waals surface area contributed by atoms with Gasteiger partial charge in [0.05, 0.1) is 17.4 Å². The Kier molecular flexibility index (Phi) is 3.99. The van der Waals surface area contributed by atoms with Crippen LogP contribution in [0.1, 0.15) is 75.8 Å². The number of sulfonamides is 1. The van der Waals surface area contributed by atoms with Crippen molar-refractivity contribution in [2.24, 2.45) is 7.05 Å². The molecule has 1 aliphatic rings. The lowest BCUT2D eigenvalue weighted by Crippen LogP contribution is -2.31. The summed E-state index contributed by atoms with van der Waals surface area (Å²) in [4.78, 5) is 25.6. The van der Waals surface area contributed by atoms with Gasteiger partial charge in [0.25, 0.3) is 15.9 Å². The Labute approximate surface area is 263 Å². The second-order valence-corrected chi connectivity index (χ2v) is 10.2. The summed E-state index contributed by atoms with van der Waals surface area (Å²) in [5.74, 6) is -2.08. The second kappa shape index (κ2) is 11.7. The maximum absolute atomic E-state index is 13.3. The smallest absolute Gasteiger partial charge is 0.411 e. The molecule has 1 saturated carbocycles.